The summed E-state index contributed by atoms with van der Waals surface area (Å²) in [6.45, 7) is 15.2. The Morgan fingerprint density at radius 3 is 2.88 bits per heavy atom. The molecule has 0 bridgehead atoms. The molecule has 2 atom stereocenters. The molecule has 5 nitrogen and oxygen atoms in total. The minimum absolute atomic E-state index is 0.212. The summed E-state index contributed by atoms with van der Waals surface area (Å²) in [6.07, 6.45) is 3.48. The first kappa shape index (κ1) is 20.4. The van der Waals surface area contributed by atoms with Gasteiger partial charge in [0.1, 0.15) is 0 Å². The highest BCUT2D eigenvalue weighted by molar-refractivity contribution is 7.16. The van der Waals surface area contributed by atoms with Crippen molar-refractivity contribution in [1.29, 1.82) is 10.5 Å². The molecule has 26 heavy (non-hydrogen) atoms. The van der Waals surface area contributed by atoms with Gasteiger partial charge >= 0.3 is 0 Å². The Hall–Kier alpha value is -1.91. The van der Waals surface area contributed by atoms with Gasteiger partial charge in [-0.3, -0.25) is 0 Å². The SMILES string of the molecule is [C-]#[N+]c1ccc(C(C#N)(CCCN2CC[C@@H](NCCC#N)C2)C(C)C)s1. The van der Waals surface area contributed by atoms with Gasteiger partial charge in [0.05, 0.1) is 24.1 Å². The molecule has 1 aliphatic heterocycles. The molecule has 0 aliphatic carbocycles. The lowest BCUT2D eigenvalue weighted by molar-refractivity contribution is 0.290. The number of nitriles is 2. The molecule has 0 saturated carbocycles. The zero-order chi connectivity index (χ0) is 19.0. The van der Waals surface area contributed by atoms with Gasteiger partial charge in [0, 0.05) is 30.4 Å². The lowest BCUT2D eigenvalue weighted by atomic mass is 9.73. The van der Waals surface area contributed by atoms with Crippen molar-refractivity contribution in [3.05, 3.63) is 28.4 Å². The number of nitrogens with zero attached hydrogens (tertiary/aromatic N) is 4. The van der Waals surface area contributed by atoms with E-state index in [1.807, 2.05) is 12.1 Å². The fourth-order valence-corrected chi connectivity index (χ4v) is 4.79. The number of hydrogen-bond acceptors (Lipinski definition) is 5. The third kappa shape index (κ3) is 4.83. The maximum absolute atomic E-state index is 9.97. The lowest BCUT2D eigenvalue weighted by Gasteiger charge is -2.31. The first-order chi connectivity index (χ1) is 12.6. The molecule has 1 saturated heterocycles. The number of thiophene rings is 1. The Morgan fingerprint density at radius 1 is 1.46 bits per heavy atom. The van der Waals surface area contributed by atoms with Crippen molar-refractivity contribution in [3.8, 4) is 12.1 Å². The van der Waals surface area contributed by atoms with E-state index in [0.29, 0.717) is 17.5 Å². The summed E-state index contributed by atoms with van der Waals surface area (Å²) >= 11 is 1.46. The van der Waals surface area contributed by atoms with E-state index < -0.39 is 5.41 Å². The van der Waals surface area contributed by atoms with Gasteiger partial charge in [-0.1, -0.05) is 19.9 Å². The van der Waals surface area contributed by atoms with Gasteiger partial charge in [-0.05, 0) is 44.3 Å². The molecule has 0 aromatic carbocycles. The number of hydrogen-bond donors (Lipinski definition) is 1. The Morgan fingerprint density at radius 2 is 2.27 bits per heavy atom. The molecule has 0 amide bonds. The van der Waals surface area contributed by atoms with Crippen LogP contribution in [0.5, 0.6) is 0 Å². The Balaban J connectivity index is 1.90. The second-order valence-corrected chi connectivity index (χ2v) is 8.30. The van der Waals surface area contributed by atoms with Crippen LogP contribution in [0.4, 0.5) is 5.00 Å². The molecule has 1 aliphatic rings. The van der Waals surface area contributed by atoms with Crippen LogP contribution >= 0.6 is 11.3 Å². The van der Waals surface area contributed by atoms with Crippen LogP contribution in [0, 0.1) is 35.2 Å². The van der Waals surface area contributed by atoms with Gasteiger partial charge in [0.15, 0.2) is 0 Å². The minimum Gasteiger partial charge on any atom is -0.312 e. The molecule has 0 spiro atoms. The Labute approximate surface area is 161 Å². The van der Waals surface area contributed by atoms with Crippen LogP contribution in [0.25, 0.3) is 4.85 Å². The van der Waals surface area contributed by atoms with Crippen molar-refractivity contribution >= 4 is 16.3 Å². The summed E-state index contributed by atoms with van der Waals surface area (Å²) in [5.74, 6) is 0.212. The van der Waals surface area contributed by atoms with Crippen molar-refractivity contribution in [2.75, 3.05) is 26.2 Å². The molecule has 1 aromatic heterocycles. The van der Waals surface area contributed by atoms with Crippen molar-refractivity contribution in [2.24, 2.45) is 5.92 Å². The molecule has 2 rings (SSSR count). The topological polar surface area (TPSA) is 67.2 Å². The average molecular weight is 370 g/mol. The van der Waals surface area contributed by atoms with Crippen molar-refractivity contribution in [3.63, 3.8) is 0 Å². The molecule has 1 N–H and O–H groups in total. The van der Waals surface area contributed by atoms with Crippen LogP contribution in [0.3, 0.4) is 0 Å². The van der Waals surface area contributed by atoms with E-state index in [9.17, 15) is 5.26 Å². The normalized spacial score (nSPS) is 19.6. The fraction of sp³-hybridized carbons (Fsp3) is 0.650. The summed E-state index contributed by atoms with van der Waals surface area (Å²) in [5.41, 5.74) is -0.502. The van der Waals surface area contributed by atoms with Crippen LogP contribution < -0.4 is 5.32 Å². The first-order valence-electron chi connectivity index (χ1n) is 9.27. The van der Waals surface area contributed by atoms with Gasteiger partial charge in [0.2, 0.25) is 5.00 Å². The molecular formula is C20H27N5S. The third-order valence-electron chi connectivity index (χ3n) is 5.31. The van der Waals surface area contributed by atoms with Crippen LogP contribution in [0.15, 0.2) is 12.1 Å². The highest BCUT2D eigenvalue weighted by Crippen LogP contribution is 2.42. The predicted octanol–water partition coefficient (Wildman–Crippen LogP) is 4.07. The number of rotatable bonds is 9. The van der Waals surface area contributed by atoms with Gasteiger partial charge in [-0.15, -0.1) is 0 Å². The standard InChI is InChI=1S/C20H27N5S/c1-16(2)20(15-22,18-6-7-19(23-3)26-18)9-4-12-25-13-8-17(14-25)24-11-5-10-21/h6-7,16-17,24H,4-5,8-9,11-14H2,1-2H3/t17-,20?/m1/s1. The van der Waals surface area contributed by atoms with Gasteiger partial charge in [0.25, 0.3) is 0 Å². The second kappa shape index (κ2) is 9.70. The zero-order valence-corrected chi connectivity index (χ0v) is 16.5. The average Bonchev–Trinajstić information content (AvgIpc) is 3.28. The van der Waals surface area contributed by atoms with Crippen LogP contribution in [-0.2, 0) is 5.41 Å². The summed E-state index contributed by atoms with van der Waals surface area (Å²) in [6, 6.07) is 9.03. The number of likely N-dealkylation sites (tertiary alicyclic amines) is 1. The second-order valence-electron chi connectivity index (χ2n) is 7.24. The van der Waals surface area contributed by atoms with E-state index in [1.165, 1.54) is 11.3 Å². The third-order valence-corrected chi connectivity index (χ3v) is 6.47. The summed E-state index contributed by atoms with van der Waals surface area (Å²) < 4.78 is 0. The van der Waals surface area contributed by atoms with E-state index >= 15 is 0 Å². The maximum atomic E-state index is 9.97. The fourth-order valence-electron chi connectivity index (χ4n) is 3.68. The smallest absolute Gasteiger partial charge is 0.241 e. The molecule has 6 heteroatoms. The molecule has 0 radical (unpaired) electrons. The van der Waals surface area contributed by atoms with Gasteiger partial charge in [-0.2, -0.15) is 21.9 Å². The van der Waals surface area contributed by atoms with Crippen molar-refractivity contribution < 1.29 is 0 Å². The summed E-state index contributed by atoms with van der Waals surface area (Å²) in [5, 5.41) is 22.7. The molecular weight excluding hydrogens is 342 g/mol. The Bertz CT molecular complexity index is 705. The van der Waals surface area contributed by atoms with E-state index in [4.69, 9.17) is 11.8 Å². The highest BCUT2D eigenvalue weighted by Gasteiger charge is 2.37. The minimum atomic E-state index is -0.502. The largest absolute Gasteiger partial charge is 0.312 e. The molecule has 2 heterocycles. The molecule has 1 aromatic rings. The summed E-state index contributed by atoms with van der Waals surface area (Å²) in [7, 11) is 0. The van der Waals surface area contributed by atoms with Crippen molar-refractivity contribution in [2.45, 2.75) is 51.0 Å². The predicted molar refractivity (Wildman–Crippen MR) is 105 cm³/mol. The van der Waals surface area contributed by atoms with E-state index in [1.54, 1.807) is 0 Å². The molecule has 138 valence electrons. The quantitative estimate of drug-likeness (QED) is 0.526. The van der Waals surface area contributed by atoms with Crippen LogP contribution in [-0.4, -0.2) is 37.1 Å². The van der Waals surface area contributed by atoms with Gasteiger partial charge < -0.3 is 10.2 Å². The lowest BCUT2D eigenvalue weighted by Crippen LogP contribution is -2.34. The summed E-state index contributed by atoms with van der Waals surface area (Å²) in [4.78, 5) is 6.98. The van der Waals surface area contributed by atoms with Gasteiger partial charge in [-0.25, -0.2) is 4.85 Å². The van der Waals surface area contributed by atoms with E-state index in [-0.39, 0.29) is 5.92 Å². The monoisotopic (exact) mass is 369 g/mol. The maximum Gasteiger partial charge on any atom is 0.241 e. The molecule has 1 fully saturated rings. The Kier molecular flexibility index (Phi) is 7.61. The van der Waals surface area contributed by atoms with Crippen molar-refractivity contribution in [1.82, 2.24) is 10.2 Å². The van der Waals surface area contributed by atoms with Crippen LogP contribution in [0.1, 0.15) is 44.4 Å². The van der Waals surface area contributed by atoms with E-state index in [0.717, 1.165) is 50.3 Å². The van der Waals surface area contributed by atoms with Crippen LogP contribution in [0.2, 0.25) is 0 Å². The number of nitrogens with one attached hydrogen (secondary N) is 1. The zero-order valence-electron chi connectivity index (χ0n) is 15.7. The first-order valence-corrected chi connectivity index (χ1v) is 10.1. The van der Waals surface area contributed by atoms with E-state index in [2.05, 4.69) is 41.0 Å². The highest BCUT2D eigenvalue weighted by atomic mass is 32.1. The molecule has 1 unspecified atom stereocenters.